The van der Waals surface area contributed by atoms with Gasteiger partial charge in [0.1, 0.15) is 23.4 Å². The molecule has 3 aromatic rings. The number of carbonyl (C=O) groups excluding carboxylic acids is 5. The highest BCUT2D eigenvalue weighted by atomic mass is 16.4. The zero-order valence-electron chi connectivity index (χ0n) is 27.8. The second-order valence-corrected chi connectivity index (χ2v) is 10.6. The van der Waals surface area contributed by atoms with Crippen molar-refractivity contribution in [3.63, 3.8) is 0 Å². The molecule has 15 heteroatoms. The van der Waals surface area contributed by atoms with Gasteiger partial charge in [0.05, 0.1) is 13.1 Å². The van der Waals surface area contributed by atoms with Crippen LogP contribution >= 0.6 is 0 Å². The molecule has 0 bridgehead atoms. The number of aryl methyl sites for hydroxylation is 1. The van der Waals surface area contributed by atoms with Crippen LogP contribution in [0.25, 0.3) is 11.0 Å². The third-order valence-corrected chi connectivity index (χ3v) is 5.92. The monoisotopic (exact) mass is 669 g/mol. The molecule has 0 unspecified atom stereocenters. The molecule has 5 amide bonds. The first-order valence-corrected chi connectivity index (χ1v) is 15.0. The fraction of sp³-hybridized carbons (Fsp3) is 0.364. The highest BCUT2D eigenvalue weighted by Crippen LogP contribution is 2.20. The fourth-order valence-corrected chi connectivity index (χ4v) is 3.90. The van der Waals surface area contributed by atoms with Crippen LogP contribution in [0.3, 0.4) is 0 Å². The summed E-state index contributed by atoms with van der Waals surface area (Å²) >= 11 is 0. The Morgan fingerprint density at radius 3 is 1.98 bits per heavy atom. The minimum atomic E-state index is -1.02. The Morgan fingerprint density at radius 1 is 0.833 bits per heavy atom. The molecule has 1 aromatic heterocycles. The lowest BCUT2D eigenvalue weighted by Crippen LogP contribution is -2.52. The predicted molar refractivity (Wildman–Crippen MR) is 178 cm³/mol. The molecule has 7 N–H and O–H groups in total. The number of benzene rings is 2. The molecule has 0 saturated heterocycles. The molecule has 3 rings (SSSR count). The number of nitrogens with one attached hydrogen (secondary N) is 5. The van der Waals surface area contributed by atoms with Gasteiger partial charge in [-0.2, -0.15) is 0 Å². The first-order chi connectivity index (χ1) is 22.6. The van der Waals surface area contributed by atoms with Gasteiger partial charge < -0.3 is 41.2 Å². The number of carboxylic acids is 1. The molecule has 2 aromatic carbocycles. The highest BCUT2D eigenvalue weighted by molar-refractivity contribution is 5.97. The molecule has 2 atom stereocenters. The molecule has 0 aliphatic rings. The first-order valence-electron chi connectivity index (χ1n) is 15.0. The zero-order chi connectivity index (χ0) is 36.4. The van der Waals surface area contributed by atoms with Crippen molar-refractivity contribution in [2.75, 3.05) is 18.4 Å². The number of hydrogen-bond acceptors (Lipinski definition) is 9. The van der Waals surface area contributed by atoms with Gasteiger partial charge in [0.2, 0.25) is 29.5 Å². The molecular weight excluding hydrogens is 626 g/mol. The van der Waals surface area contributed by atoms with Crippen LogP contribution in [0.2, 0.25) is 0 Å². The van der Waals surface area contributed by atoms with E-state index >= 15 is 0 Å². The minimum Gasteiger partial charge on any atom is -0.508 e. The summed E-state index contributed by atoms with van der Waals surface area (Å²) in [6.07, 6.45) is 1.38. The largest absolute Gasteiger partial charge is 0.508 e. The molecule has 15 nitrogen and oxygen atoms in total. The summed E-state index contributed by atoms with van der Waals surface area (Å²) in [5, 5.41) is 29.9. The Kier molecular flexibility index (Phi) is 17.1. The lowest BCUT2D eigenvalue weighted by Gasteiger charge is -2.18. The Balaban J connectivity index is 0.00000150. The maximum absolute atomic E-state index is 12.6. The number of amides is 5. The van der Waals surface area contributed by atoms with Crippen LogP contribution in [0.5, 0.6) is 5.75 Å². The van der Waals surface area contributed by atoms with E-state index in [1.165, 1.54) is 44.5 Å². The summed E-state index contributed by atoms with van der Waals surface area (Å²) in [5.74, 6) is -3.67. The van der Waals surface area contributed by atoms with E-state index in [4.69, 9.17) is 14.3 Å². The number of phenolic OH excluding ortho intramolecular Hbond substituents is 1. The molecule has 0 aliphatic carbocycles. The van der Waals surface area contributed by atoms with Crippen LogP contribution in [0, 0.1) is 6.92 Å². The molecule has 260 valence electrons. The molecule has 0 spiro atoms. The lowest BCUT2D eigenvalue weighted by atomic mass is 10.0. The van der Waals surface area contributed by atoms with Gasteiger partial charge in [0.15, 0.2) is 0 Å². The summed E-state index contributed by atoms with van der Waals surface area (Å²) in [6, 6.07) is 10.3. The van der Waals surface area contributed by atoms with Gasteiger partial charge in [-0.15, -0.1) is 0 Å². The third kappa shape index (κ3) is 15.5. The van der Waals surface area contributed by atoms with Crippen LogP contribution in [0.4, 0.5) is 5.69 Å². The average molecular weight is 670 g/mol. The Morgan fingerprint density at radius 2 is 1.40 bits per heavy atom. The molecule has 0 aliphatic heterocycles. The molecule has 48 heavy (non-hydrogen) atoms. The Labute approximate surface area is 277 Å². The SMILES string of the molecule is CC(=O)N[C@@H](Cc1ccc(O)cc1)C(=O)NCC(=O)N[C@@H](C)C(=O)NCC(=O)Nc1ccc2c(C)cc(=O)oc2c1.CC(=O)O.CCC. The van der Waals surface area contributed by atoms with Crippen molar-refractivity contribution in [1.82, 2.24) is 21.3 Å². The number of aromatic hydroxyl groups is 1. The van der Waals surface area contributed by atoms with E-state index in [1.807, 2.05) is 0 Å². The van der Waals surface area contributed by atoms with Crippen molar-refractivity contribution in [3.8, 4) is 5.75 Å². The van der Waals surface area contributed by atoms with Crippen molar-refractivity contribution >= 4 is 52.2 Å². The van der Waals surface area contributed by atoms with Crippen molar-refractivity contribution in [3.05, 3.63) is 70.1 Å². The minimum absolute atomic E-state index is 0.0564. The number of carbonyl (C=O) groups is 6. The van der Waals surface area contributed by atoms with Crippen molar-refractivity contribution < 1.29 is 43.4 Å². The number of fused-ring (bicyclic) bond motifs is 1. The van der Waals surface area contributed by atoms with E-state index in [1.54, 1.807) is 31.2 Å². The lowest BCUT2D eigenvalue weighted by molar-refractivity contribution is -0.134. The van der Waals surface area contributed by atoms with Gasteiger partial charge in [-0.3, -0.25) is 28.8 Å². The number of phenols is 1. The number of hydrogen-bond donors (Lipinski definition) is 7. The van der Waals surface area contributed by atoms with E-state index in [2.05, 4.69) is 40.4 Å². The summed E-state index contributed by atoms with van der Waals surface area (Å²) in [4.78, 5) is 81.7. The molecule has 0 radical (unpaired) electrons. The highest BCUT2D eigenvalue weighted by Gasteiger charge is 2.22. The number of aliphatic carboxylic acids is 1. The van der Waals surface area contributed by atoms with Crippen molar-refractivity contribution in [2.45, 2.75) is 66.5 Å². The third-order valence-electron chi connectivity index (χ3n) is 5.92. The van der Waals surface area contributed by atoms with Crippen LogP contribution < -0.4 is 32.2 Å². The van der Waals surface area contributed by atoms with Crippen molar-refractivity contribution in [2.24, 2.45) is 0 Å². The van der Waals surface area contributed by atoms with Crippen LogP contribution in [0.15, 0.2) is 57.7 Å². The molecular formula is C33H43N5O10. The maximum Gasteiger partial charge on any atom is 0.336 e. The number of anilines is 1. The Bertz CT molecular complexity index is 1630. The van der Waals surface area contributed by atoms with Gasteiger partial charge in [0, 0.05) is 43.5 Å². The van der Waals surface area contributed by atoms with Gasteiger partial charge in [-0.1, -0.05) is 32.4 Å². The second kappa shape index (κ2) is 20.4. The van der Waals surface area contributed by atoms with Gasteiger partial charge >= 0.3 is 5.63 Å². The van der Waals surface area contributed by atoms with E-state index in [0.29, 0.717) is 16.8 Å². The van der Waals surface area contributed by atoms with Crippen LogP contribution in [0.1, 0.15) is 52.2 Å². The standard InChI is InChI=1S/C28H31N5O8.C3H8.C2H4O2/c1-15-10-26(38)41-23-12-19(6-9-21(15)23)33-25(37)14-29-27(39)16(2)31-24(36)13-30-28(40)22(32-17(3)34)11-18-4-7-20(35)8-5-18;1-3-2;1-2(3)4/h4-10,12,16,22,35H,11,13-14H2,1-3H3,(H,29,39)(H,30,40)(H,31,36)(H,32,34)(H,33,37);3H2,1-2H3;1H3,(H,3,4)/t16-,22-;;/m0../s1. The van der Waals surface area contributed by atoms with Gasteiger partial charge in [-0.25, -0.2) is 4.79 Å². The van der Waals surface area contributed by atoms with Crippen molar-refractivity contribution in [1.29, 1.82) is 0 Å². The maximum atomic E-state index is 12.6. The summed E-state index contributed by atoms with van der Waals surface area (Å²) in [5.41, 5.74) is 1.58. The molecule has 0 saturated carbocycles. The summed E-state index contributed by atoms with van der Waals surface area (Å²) < 4.78 is 5.16. The van der Waals surface area contributed by atoms with Gasteiger partial charge in [0.25, 0.3) is 5.97 Å². The first kappa shape index (κ1) is 40.3. The fourth-order valence-electron chi connectivity index (χ4n) is 3.90. The average Bonchev–Trinajstić information content (AvgIpc) is 2.99. The normalized spacial score (nSPS) is 11.2. The van der Waals surface area contributed by atoms with E-state index in [-0.39, 0.29) is 18.7 Å². The number of carboxylic acid groups (broad SMARTS) is 1. The summed E-state index contributed by atoms with van der Waals surface area (Å²) in [7, 11) is 0. The van der Waals surface area contributed by atoms with E-state index < -0.39 is 59.8 Å². The van der Waals surface area contributed by atoms with E-state index in [9.17, 15) is 33.9 Å². The Hall–Kier alpha value is -5.73. The predicted octanol–water partition coefficient (Wildman–Crippen LogP) is 1.74. The van der Waals surface area contributed by atoms with Crippen LogP contribution in [-0.2, 0) is 35.2 Å². The molecule has 1 heterocycles. The molecule has 0 fully saturated rings. The second-order valence-electron chi connectivity index (χ2n) is 10.6. The number of rotatable bonds is 11. The van der Waals surface area contributed by atoms with Gasteiger partial charge in [-0.05, 0) is 49.2 Å². The summed E-state index contributed by atoms with van der Waals surface area (Å²) in [6.45, 7) is 8.92. The quantitative estimate of drug-likeness (QED) is 0.146. The van der Waals surface area contributed by atoms with E-state index in [0.717, 1.165) is 17.9 Å². The smallest absolute Gasteiger partial charge is 0.336 e. The topological polar surface area (TPSA) is 233 Å². The van der Waals surface area contributed by atoms with Crippen LogP contribution in [-0.4, -0.2) is 70.9 Å². The zero-order valence-corrected chi connectivity index (χ0v) is 27.8.